The summed E-state index contributed by atoms with van der Waals surface area (Å²) in [5, 5.41) is 52.7. The maximum Gasteiger partial charge on any atom is 0.335 e. The van der Waals surface area contributed by atoms with E-state index in [1.165, 1.54) is 31.4 Å². The van der Waals surface area contributed by atoms with Crippen molar-refractivity contribution < 1.29 is 54.1 Å². The summed E-state index contributed by atoms with van der Waals surface area (Å²) in [5.74, 6) is -2.09. The summed E-state index contributed by atoms with van der Waals surface area (Å²) < 4.78 is 21.7. The van der Waals surface area contributed by atoms with Gasteiger partial charge in [0.1, 0.15) is 23.9 Å². The number of nitrogens with one attached hydrogen (secondary N) is 2. The third kappa shape index (κ3) is 7.00. The molecule has 14 nitrogen and oxygen atoms in total. The molecule has 1 aromatic heterocycles. The number of carbonyl (C=O) groups is 2. The van der Waals surface area contributed by atoms with Crippen LogP contribution in [0.15, 0.2) is 41.2 Å². The second-order valence-corrected chi connectivity index (χ2v) is 9.97. The summed E-state index contributed by atoms with van der Waals surface area (Å²) in [6, 6.07) is 8.81. The van der Waals surface area contributed by atoms with Crippen LogP contribution in [-0.4, -0.2) is 86.8 Å². The number of amides is 1. The monoisotopic (exact) mass is 602 g/mol. The van der Waals surface area contributed by atoms with E-state index < -0.39 is 53.9 Å². The van der Waals surface area contributed by atoms with Crippen LogP contribution in [0, 0.1) is 0 Å². The van der Waals surface area contributed by atoms with Crippen molar-refractivity contribution in [2.24, 2.45) is 0 Å². The number of hydrogen-bond donors (Lipinski definition) is 7. The number of ether oxygens (including phenoxy) is 4. The van der Waals surface area contributed by atoms with Gasteiger partial charge in [0.15, 0.2) is 29.1 Å². The number of aromatic nitrogens is 1. The number of aliphatic hydroxyl groups excluding tert-OH is 3. The Kier molecular flexibility index (Phi) is 10.1. The number of H-pyrrole nitrogens is 1. The molecule has 2 heterocycles. The first-order valence-corrected chi connectivity index (χ1v) is 13.6. The largest absolute Gasteiger partial charge is 0.504 e. The molecule has 1 aliphatic rings. The topological polar surface area (TPSA) is 217 Å². The summed E-state index contributed by atoms with van der Waals surface area (Å²) in [6.45, 7) is 2.42. The minimum atomic E-state index is -1.89. The van der Waals surface area contributed by atoms with Gasteiger partial charge in [0.05, 0.1) is 19.2 Å². The van der Waals surface area contributed by atoms with Crippen molar-refractivity contribution in [3.05, 3.63) is 57.9 Å². The van der Waals surface area contributed by atoms with E-state index in [4.69, 9.17) is 18.9 Å². The molecule has 0 bridgehead atoms. The van der Waals surface area contributed by atoms with Crippen LogP contribution in [0.1, 0.15) is 42.1 Å². The second kappa shape index (κ2) is 13.7. The highest BCUT2D eigenvalue weighted by atomic mass is 16.7. The number of phenolic OH excluding ortho intramolecular Hbond substituents is 1. The molecule has 0 spiro atoms. The molecule has 0 radical (unpaired) electrons. The van der Waals surface area contributed by atoms with Gasteiger partial charge < -0.3 is 54.8 Å². The van der Waals surface area contributed by atoms with Gasteiger partial charge in [0.2, 0.25) is 6.29 Å². The van der Waals surface area contributed by atoms with Gasteiger partial charge in [-0.1, -0.05) is 25.8 Å². The highest BCUT2D eigenvalue weighted by molar-refractivity contribution is 5.98. The second-order valence-electron chi connectivity index (χ2n) is 9.97. The third-order valence-corrected chi connectivity index (χ3v) is 6.93. The van der Waals surface area contributed by atoms with Crippen molar-refractivity contribution in [2.75, 3.05) is 13.7 Å². The van der Waals surface area contributed by atoms with Crippen LogP contribution in [0.25, 0.3) is 10.9 Å². The standard InChI is InChI=1S/C29H34N2O12/c1-3-4-5-10-41-24-19(40-2)9-7-15-12-16(27(37)31-20(15)24)26(36)30-13-14-6-8-18(17(32)11-14)42-29-23(35)21(33)22(34)25(43-29)28(38)39/h6-9,11-12,21-23,25,29,32-35H,3-5,10,13H2,1-2H3,(H,30,36)(H,31,37)(H,38,39)/t21?,22-,23?,25?,29?/m1/s1. The van der Waals surface area contributed by atoms with Gasteiger partial charge in [0, 0.05) is 11.9 Å². The average Bonchev–Trinajstić information content (AvgIpc) is 2.98. The molecule has 5 atom stereocenters. The normalized spacial score (nSPS) is 21.7. The van der Waals surface area contributed by atoms with E-state index in [-0.39, 0.29) is 17.9 Å². The van der Waals surface area contributed by atoms with Gasteiger partial charge in [-0.25, -0.2) is 4.79 Å². The average molecular weight is 603 g/mol. The number of phenols is 1. The lowest BCUT2D eigenvalue weighted by Crippen LogP contribution is -2.61. The Morgan fingerprint density at radius 2 is 1.77 bits per heavy atom. The Morgan fingerprint density at radius 1 is 1.02 bits per heavy atom. The zero-order chi connectivity index (χ0) is 31.3. The summed E-state index contributed by atoms with van der Waals surface area (Å²) in [6.07, 6.45) is -6.32. The maximum atomic E-state index is 12.9. The number of pyridine rings is 1. The van der Waals surface area contributed by atoms with E-state index in [2.05, 4.69) is 17.2 Å². The molecule has 43 heavy (non-hydrogen) atoms. The van der Waals surface area contributed by atoms with Crippen molar-refractivity contribution in [1.82, 2.24) is 10.3 Å². The van der Waals surface area contributed by atoms with E-state index in [9.17, 15) is 39.9 Å². The molecule has 1 amide bonds. The number of benzene rings is 2. The molecule has 4 rings (SSSR count). The van der Waals surface area contributed by atoms with E-state index in [1.807, 2.05) is 0 Å². The van der Waals surface area contributed by atoms with Crippen molar-refractivity contribution in [3.63, 3.8) is 0 Å². The van der Waals surface area contributed by atoms with E-state index >= 15 is 0 Å². The van der Waals surface area contributed by atoms with Crippen molar-refractivity contribution in [2.45, 2.75) is 63.4 Å². The van der Waals surface area contributed by atoms with Crippen molar-refractivity contribution in [3.8, 4) is 23.0 Å². The van der Waals surface area contributed by atoms with E-state index in [0.29, 0.717) is 34.6 Å². The summed E-state index contributed by atoms with van der Waals surface area (Å²) in [4.78, 5) is 39.8. The van der Waals surface area contributed by atoms with E-state index in [0.717, 1.165) is 19.3 Å². The van der Waals surface area contributed by atoms with Gasteiger partial charge >= 0.3 is 5.97 Å². The Hall–Kier alpha value is -4.37. The lowest BCUT2D eigenvalue weighted by molar-refractivity contribution is -0.271. The first-order valence-electron chi connectivity index (χ1n) is 13.6. The Morgan fingerprint density at radius 3 is 2.44 bits per heavy atom. The molecule has 4 unspecified atom stereocenters. The van der Waals surface area contributed by atoms with Crippen molar-refractivity contribution in [1.29, 1.82) is 0 Å². The Bertz CT molecular complexity index is 1520. The smallest absolute Gasteiger partial charge is 0.335 e. The fourth-order valence-corrected chi connectivity index (χ4v) is 4.55. The predicted octanol–water partition coefficient (Wildman–Crippen LogP) is 1.01. The molecule has 0 saturated carbocycles. The minimum Gasteiger partial charge on any atom is -0.504 e. The molecule has 1 saturated heterocycles. The number of aliphatic hydroxyl groups is 3. The number of carboxylic acids is 1. The third-order valence-electron chi connectivity index (χ3n) is 6.93. The highest BCUT2D eigenvalue weighted by Gasteiger charge is 2.48. The van der Waals surface area contributed by atoms with Crippen LogP contribution >= 0.6 is 0 Å². The number of carboxylic acid groups (broad SMARTS) is 1. The van der Waals surface area contributed by atoms with Gasteiger partial charge in [0.25, 0.3) is 11.5 Å². The fourth-order valence-electron chi connectivity index (χ4n) is 4.55. The Balaban J connectivity index is 1.45. The number of hydrogen-bond acceptors (Lipinski definition) is 11. The van der Waals surface area contributed by atoms with Crippen LogP contribution < -0.4 is 25.1 Å². The molecule has 2 aromatic carbocycles. The number of aromatic amines is 1. The van der Waals surface area contributed by atoms with Crippen molar-refractivity contribution >= 4 is 22.8 Å². The SMILES string of the molecule is CCCCCOc1c(OC)ccc2cc(C(=O)NCc3ccc(OC4OC(C(=O)O)[C@H](O)C(O)C4O)c(O)c3)c(=O)[nH]c12. The van der Waals surface area contributed by atoms with E-state index in [1.54, 1.807) is 12.1 Å². The molecule has 1 fully saturated rings. The summed E-state index contributed by atoms with van der Waals surface area (Å²) in [5.41, 5.74) is 0.0331. The predicted molar refractivity (Wildman–Crippen MR) is 150 cm³/mol. The number of rotatable bonds is 12. The number of fused-ring (bicyclic) bond motifs is 1. The summed E-state index contributed by atoms with van der Waals surface area (Å²) in [7, 11) is 1.49. The van der Waals surface area contributed by atoms with Gasteiger partial charge in [-0.15, -0.1) is 0 Å². The van der Waals surface area contributed by atoms with Gasteiger partial charge in [-0.3, -0.25) is 9.59 Å². The molecule has 7 N–H and O–H groups in total. The molecule has 0 aliphatic carbocycles. The Labute approximate surface area is 245 Å². The quantitative estimate of drug-likeness (QED) is 0.145. The molecular formula is C29H34N2O12. The van der Waals surface area contributed by atoms with Crippen LogP contribution in [0.3, 0.4) is 0 Å². The van der Waals surface area contributed by atoms with Gasteiger partial charge in [-0.05, 0) is 42.3 Å². The maximum absolute atomic E-state index is 12.9. The first-order chi connectivity index (χ1) is 20.5. The number of aromatic hydroxyl groups is 1. The lowest BCUT2D eigenvalue weighted by Gasteiger charge is -2.38. The zero-order valence-electron chi connectivity index (χ0n) is 23.5. The number of aliphatic carboxylic acids is 1. The zero-order valence-corrected chi connectivity index (χ0v) is 23.5. The minimum absolute atomic E-state index is 0.0902. The number of methoxy groups -OCH3 is 1. The van der Waals surface area contributed by atoms with Crippen LogP contribution in [0.4, 0.5) is 0 Å². The molecular weight excluding hydrogens is 568 g/mol. The molecule has 14 heteroatoms. The first kappa shape index (κ1) is 31.6. The molecule has 232 valence electrons. The van der Waals surface area contributed by atoms with Crippen LogP contribution in [-0.2, 0) is 16.1 Å². The highest BCUT2D eigenvalue weighted by Crippen LogP contribution is 2.34. The lowest BCUT2D eigenvalue weighted by atomic mass is 9.99. The summed E-state index contributed by atoms with van der Waals surface area (Å²) >= 11 is 0. The molecule has 1 aliphatic heterocycles. The van der Waals surface area contributed by atoms with Crippen LogP contribution in [0.5, 0.6) is 23.0 Å². The number of carbonyl (C=O) groups excluding carboxylic acids is 1. The fraction of sp³-hybridized carbons (Fsp3) is 0.414. The van der Waals surface area contributed by atoms with Gasteiger partial charge in [-0.2, -0.15) is 0 Å². The molecule has 3 aromatic rings. The number of unbranched alkanes of at least 4 members (excludes halogenated alkanes) is 2. The van der Waals surface area contributed by atoms with Crippen LogP contribution in [0.2, 0.25) is 0 Å².